The van der Waals surface area contributed by atoms with Crippen molar-refractivity contribution in [2.24, 2.45) is 5.73 Å². The van der Waals surface area contributed by atoms with Gasteiger partial charge in [-0.15, -0.1) is 0 Å². The maximum atomic E-state index is 12.6. The molecule has 3 unspecified atom stereocenters. The Balaban J connectivity index is 2.75. The number of halogens is 3. The van der Waals surface area contributed by atoms with E-state index in [2.05, 4.69) is 50.5 Å². The van der Waals surface area contributed by atoms with Gasteiger partial charge in [0.25, 0.3) is 0 Å². The van der Waals surface area contributed by atoms with Crippen molar-refractivity contribution in [1.29, 1.82) is 0 Å². The molecule has 0 spiro atoms. The Morgan fingerprint density at radius 1 is 1.33 bits per heavy atom. The maximum absolute atomic E-state index is 12.6. The van der Waals surface area contributed by atoms with Gasteiger partial charge in [-0.25, -0.2) is 0 Å². The minimum atomic E-state index is -0.943. The summed E-state index contributed by atoms with van der Waals surface area (Å²) in [6, 6.07) is -0.474. The third-order valence-electron chi connectivity index (χ3n) is 3.02. The first kappa shape index (κ1) is 22.1. The quantitative estimate of drug-likeness (QED) is 0.253. The zero-order valence-corrected chi connectivity index (χ0v) is 19.4. The van der Waals surface area contributed by atoms with Crippen molar-refractivity contribution >= 4 is 85.6 Å². The lowest BCUT2D eigenvalue weighted by atomic mass is 9.94. The fourth-order valence-corrected chi connectivity index (χ4v) is 6.19. The molecule has 0 aromatic rings. The molecule has 3 atom stereocenters. The van der Waals surface area contributed by atoms with Gasteiger partial charge in [0.1, 0.15) is 10.0 Å². The second kappa shape index (κ2) is 9.66. The van der Waals surface area contributed by atoms with Crippen LogP contribution in [0.4, 0.5) is 0 Å². The van der Waals surface area contributed by atoms with Crippen LogP contribution in [0.15, 0.2) is 19.3 Å². The number of rotatable bonds is 6. The van der Waals surface area contributed by atoms with Crippen LogP contribution in [0, 0.1) is 0 Å². The van der Waals surface area contributed by atoms with Crippen LogP contribution in [0.2, 0.25) is 0 Å². The zero-order chi connectivity index (χ0) is 18.5. The number of carbonyl (C=O) groups excluding carboxylic acids is 3. The molecule has 0 heterocycles. The Labute approximate surface area is 180 Å². The van der Waals surface area contributed by atoms with E-state index in [1.165, 1.54) is 13.8 Å². The number of esters is 2. The second-order valence-electron chi connectivity index (χ2n) is 5.05. The largest absolute Gasteiger partial charge is 0.462 e. The van der Waals surface area contributed by atoms with Gasteiger partial charge in [-0.05, 0) is 57.3 Å². The zero-order valence-electron chi connectivity index (χ0n) is 13.0. The number of hydrogen-bond donors (Lipinski definition) is 2. The highest BCUT2D eigenvalue weighted by atomic mass is 127. The van der Waals surface area contributed by atoms with Crippen molar-refractivity contribution in [3.63, 3.8) is 0 Å². The van der Waals surface area contributed by atoms with E-state index >= 15 is 0 Å². The summed E-state index contributed by atoms with van der Waals surface area (Å²) in [6.07, 6.45) is 2.95. The van der Waals surface area contributed by atoms with Gasteiger partial charge in [-0.3, -0.25) is 14.4 Å². The Bertz CT molecular complexity index is 593. The van der Waals surface area contributed by atoms with Gasteiger partial charge in [0, 0.05) is 21.0 Å². The summed E-state index contributed by atoms with van der Waals surface area (Å²) in [5.74, 6) is -1.31. The molecular formula is C14H17I3N2O5. The lowest BCUT2D eigenvalue weighted by Crippen LogP contribution is -2.55. The highest BCUT2D eigenvalue weighted by Crippen LogP contribution is 2.38. The van der Waals surface area contributed by atoms with Crippen molar-refractivity contribution in [3.05, 3.63) is 19.3 Å². The molecule has 0 aliphatic heterocycles. The fourth-order valence-electron chi connectivity index (χ4n) is 1.88. The number of amides is 1. The highest BCUT2D eigenvalue weighted by molar-refractivity contribution is 14.1. The Hall–Kier alpha value is 0.0400. The lowest BCUT2D eigenvalue weighted by molar-refractivity contribution is -0.156. The SMILES string of the molecule is CC(=O)OCC(CNC(=O)C1(I)C=C(I)C=C(I)C1N)OC(C)=O. The van der Waals surface area contributed by atoms with Crippen LogP contribution in [0.5, 0.6) is 0 Å². The van der Waals surface area contributed by atoms with E-state index in [1.54, 1.807) is 6.08 Å². The van der Waals surface area contributed by atoms with Crippen molar-refractivity contribution < 1.29 is 23.9 Å². The highest BCUT2D eigenvalue weighted by Gasteiger charge is 2.43. The molecule has 1 aliphatic carbocycles. The number of ether oxygens (including phenoxy) is 2. The van der Waals surface area contributed by atoms with Crippen LogP contribution in [0.3, 0.4) is 0 Å². The molecule has 1 aliphatic rings. The van der Waals surface area contributed by atoms with E-state index in [1.807, 2.05) is 28.7 Å². The molecule has 0 fully saturated rings. The third-order valence-corrected chi connectivity index (χ3v) is 6.09. The van der Waals surface area contributed by atoms with Crippen molar-refractivity contribution in [2.75, 3.05) is 13.2 Å². The Kier molecular flexibility index (Phi) is 8.89. The van der Waals surface area contributed by atoms with Crippen LogP contribution < -0.4 is 11.1 Å². The summed E-state index contributed by atoms with van der Waals surface area (Å²) >= 11 is 6.27. The molecule has 1 rings (SSSR count). The second-order valence-corrected chi connectivity index (χ2v) is 9.32. The minimum absolute atomic E-state index is 0.0217. The van der Waals surface area contributed by atoms with E-state index in [0.717, 1.165) is 7.16 Å². The van der Waals surface area contributed by atoms with Crippen LogP contribution in [0.25, 0.3) is 0 Å². The summed E-state index contributed by atoms with van der Waals surface area (Å²) in [4.78, 5) is 34.7. The smallest absolute Gasteiger partial charge is 0.303 e. The molecule has 24 heavy (non-hydrogen) atoms. The van der Waals surface area contributed by atoms with Gasteiger partial charge < -0.3 is 20.5 Å². The molecule has 0 saturated heterocycles. The molecule has 10 heteroatoms. The summed E-state index contributed by atoms with van der Waals surface area (Å²) in [6.45, 7) is 2.40. The van der Waals surface area contributed by atoms with Gasteiger partial charge >= 0.3 is 11.9 Å². The molecule has 134 valence electrons. The van der Waals surface area contributed by atoms with Crippen molar-refractivity contribution in [3.8, 4) is 0 Å². The standard InChI is InChI=1S/C14H17I3N2O5/c1-7(20)23-6-10(24-8(2)21)5-19-13(22)14(17)4-9(15)3-11(16)12(14)18/h3-4,10,12H,5-6,18H2,1-2H3,(H,19,22). The van der Waals surface area contributed by atoms with E-state index in [0.29, 0.717) is 0 Å². The third kappa shape index (κ3) is 6.40. The predicted molar refractivity (Wildman–Crippen MR) is 114 cm³/mol. The number of allylic oxidation sites excluding steroid dienone is 2. The minimum Gasteiger partial charge on any atom is -0.462 e. The number of carbonyl (C=O) groups is 3. The summed E-state index contributed by atoms with van der Waals surface area (Å²) in [5, 5.41) is 2.72. The first-order chi connectivity index (χ1) is 11.1. The first-order valence-electron chi connectivity index (χ1n) is 6.85. The lowest BCUT2D eigenvalue weighted by Gasteiger charge is -2.33. The van der Waals surface area contributed by atoms with Gasteiger partial charge in [-0.2, -0.15) is 0 Å². The van der Waals surface area contributed by atoms with E-state index in [9.17, 15) is 14.4 Å². The number of alkyl halides is 1. The number of nitrogens with two attached hydrogens (primary N) is 1. The summed E-state index contributed by atoms with van der Waals surface area (Å²) in [5.41, 5.74) is 6.16. The number of hydrogen-bond acceptors (Lipinski definition) is 6. The van der Waals surface area contributed by atoms with Crippen LogP contribution in [0.1, 0.15) is 13.8 Å². The molecule has 7 nitrogen and oxygen atoms in total. The molecule has 0 bridgehead atoms. The average Bonchev–Trinajstić information content (AvgIpc) is 2.46. The molecule has 0 radical (unpaired) electrons. The van der Waals surface area contributed by atoms with Gasteiger partial charge in [-0.1, -0.05) is 22.6 Å². The van der Waals surface area contributed by atoms with Crippen molar-refractivity contribution in [1.82, 2.24) is 5.32 Å². The topological polar surface area (TPSA) is 108 Å². The molecule has 3 N–H and O–H groups in total. The van der Waals surface area contributed by atoms with E-state index in [4.69, 9.17) is 15.2 Å². The Morgan fingerprint density at radius 2 is 1.96 bits per heavy atom. The summed E-state index contributed by atoms with van der Waals surface area (Å²) in [7, 11) is 0. The van der Waals surface area contributed by atoms with Crippen LogP contribution >= 0.6 is 67.8 Å². The monoisotopic (exact) mass is 674 g/mol. The van der Waals surface area contributed by atoms with Gasteiger partial charge in [0.05, 0.1) is 12.6 Å². The number of nitrogens with one attached hydrogen (secondary N) is 1. The molecule has 1 amide bonds. The van der Waals surface area contributed by atoms with Crippen LogP contribution in [-0.4, -0.2) is 46.6 Å². The predicted octanol–water partition coefficient (Wildman–Crippen LogP) is 1.75. The molecule has 0 aromatic carbocycles. The molecule has 0 aromatic heterocycles. The Morgan fingerprint density at radius 3 is 2.50 bits per heavy atom. The first-order valence-corrected chi connectivity index (χ1v) is 10.1. The van der Waals surface area contributed by atoms with E-state index < -0.39 is 27.5 Å². The summed E-state index contributed by atoms with van der Waals surface area (Å²) < 4.78 is 10.7. The van der Waals surface area contributed by atoms with Crippen molar-refractivity contribution in [2.45, 2.75) is 29.4 Å². The fraction of sp³-hybridized carbons (Fsp3) is 0.500. The van der Waals surface area contributed by atoms with Crippen LogP contribution in [-0.2, 0) is 23.9 Å². The van der Waals surface area contributed by atoms with E-state index in [-0.39, 0.29) is 19.1 Å². The van der Waals surface area contributed by atoms with Gasteiger partial charge in [0.15, 0.2) is 6.10 Å². The molecular weight excluding hydrogens is 657 g/mol. The average molecular weight is 674 g/mol. The van der Waals surface area contributed by atoms with Gasteiger partial charge in [0.2, 0.25) is 5.91 Å². The maximum Gasteiger partial charge on any atom is 0.303 e. The normalized spacial score (nSPS) is 24.3. The molecule has 0 saturated carbocycles.